The van der Waals surface area contributed by atoms with Crippen molar-refractivity contribution in [1.82, 2.24) is 0 Å². The van der Waals surface area contributed by atoms with Crippen LogP contribution in [0.5, 0.6) is 0 Å². The van der Waals surface area contributed by atoms with Crippen molar-refractivity contribution in [3.8, 4) is 0 Å². The van der Waals surface area contributed by atoms with Gasteiger partial charge >= 0.3 is 0 Å². The van der Waals surface area contributed by atoms with Crippen molar-refractivity contribution in [1.29, 1.82) is 5.41 Å². The zero-order valence-corrected chi connectivity index (χ0v) is 3.23. The predicted octanol–water partition coefficient (Wildman–Crippen LogP) is -0.0636. The van der Waals surface area contributed by atoms with Gasteiger partial charge in [-0.05, 0) is 0 Å². The van der Waals surface area contributed by atoms with E-state index in [1.54, 1.807) is 7.05 Å². The second-order valence-electron chi connectivity index (χ2n) is 0.886. The summed E-state index contributed by atoms with van der Waals surface area (Å²) in [5, 5.41) is 6.40. The van der Waals surface area contributed by atoms with Crippen LogP contribution in [0.15, 0.2) is 0 Å². The third kappa shape index (κ3) is 3.34. The molecular formula is C3H7N2+. The number of rotatable bonds is 1. The van der Waals surface area contributed by atoms with Crippen LogP contribution in [-0.2, 0) is 0 Å². The van der Waals surface area contributed by atoms with Crippen molar-refractivity contribution in [2.24, 2.45) is 0 Å². The summed E-state index contributed by atoms with van der Waals surface area (Å²) in [5.74, 6) is 0. The van der Waals surface area contributed by atoms with Crippen LogP contribution in [-0.4, -0.2) is 24.7 Å². The molecule has 2 heteroatoms. The fourth-order valence-corrected chi connectivity index (χ4v) is 0. The van der Waals surface area contributed by atoms with E-state index in [4.69, 9.17) is 5.41 Å². The van der Waals surface area contributed by atoms with E-state index in [0.29, 0.717) is 0 Å². The van der Waals surface area contributed by atoms with Crippen molar-refractivity contribution in [2.45, 2.75) is 0 Å². The third-order valence-electron chi connectivity index (χ3n) is 0.220. The van der Waals surface area contributed by atoms with Crippen LogP contribution >= 0.6 is 0 Å². The van der Waals surface area contributed by atoms with Crippen molar-refractivity contribution < 1.29 is 4.58 Å². The Morgan fingerprint density at radius 2 is 2.20 bits per heavy atom. The normalized spacial score (nSPS) is 6.60. The van der Waals surface area contributed by atoms with Gasteiger partial charge in [0.1, 0.15) is 0 Å². The number of nitrogens with zero attached hydrogens (tertiary/aromatic N) is 1. The van der Waals surface area contributed by atoms with Crippen molar-refractivity contribution in [3.63, 3.8) is 0 Å². The third-order valence-corrected chi connectivity index (χ3v) is 0.220. The molecule has 0 heterocycles. The zero-order valence-electron chi connectivity index (χ0n) is 3.23. The van der Waals surface area contributed by atoms with E-state index in [2.05, 4.69) is 6.72 Å². The van der Waals surface area contributed by atoms with Crippen LogP contribution in [0, 0.1) is 5.41 Å². The number of hydrogen-bond donors (Lipinski definition) is 1. The average Bonchev–Trinajstić information content (AvgIpc) is 1.38. The van der Waals surface area contributed by atoms with E-state index < -0.39 is 0 Å². The Labute approximate surface area is 31.3 Å². The Morgan fingerprint density at radius 3 is 2.20 bits per heavy atom. The first-order valence-corrected chi connectivity index (χ1v) is 1.31. The lowest BCUT2D eigenvalue weighted by atomic mass is 11.1. The van der Waals surface area contributed by atoms with E-state index in [-0.39, 0.29) is 0 Å². The molecule has 28 valence electrons. The summed E-state index contributed by atoms with van der Waals surface area (Å²) < 4.78 is 1.42. The Hall–Kier alpha value is -0.660. The van der Waals surface area contributed by atoms with Crippen LogP contribution < -0.4 is 0 Å². The summed E-state index contributed by atoms with van der Waals surface area (Å²) in [6.45, 7) is 3.35. The van der Waals surface area contributed by atoms with Crippen LogP contribution in [0.25, 0.3) is 0 Å². The van der Waals surface area contributed by atoms with Gasteiger partial charge in [-0.15, -0.1) is 5.41 Å². The minimum Gasteiger partial charge on any atom is -0.247 e. The van der Waals surface area contributed by atoms with E-state index in [1.807, 2.05) is 0 Å². The second-order valence-corrected chi connectivity index (χ2v) is 0.886. The van der Waals surface area contributed by atoms with Gasteiger partial charge in [-0.2, -0.15) is 0 Å². The van der Waals surface area contributed by atoms with Crippen LogP contribution in [0.2, 0.25) is 0 Å². The summed E-state index contributed by atoms with van der Waals surface area (Å²) in [4.78, 5) is 0. The molecule has 0 aliphatic heterocycles. The molecule has 0 bridgehead atoms. The molecule has 5 heavy (non-hydrogen) atoms. The second kappa shape index (κ2) is 1.64. The maximum atomic E-state index is 6.40. The molecule has 0 saturated carbocycles. The number of nitrogens with one attached hydrogen (secondary N) is 1. The minimum atomic E-state index is 1.14. The molecule has 0 fully saturated rings. The summed E-state index contributed by atoms with van der Waals surface area (Å²) >= 11 is 0. The fraction of sp³-hybridized carbons (Fsp3) is 0.333. The van der Waals surface area contributed by atoms with Gasteiger partial charge in [-0.1, -0.05) is 0 Å². The molecule has 0 aromatic carbocycles. The Morgan fingerprint density at radius 1 is 2.00 bits per heavy atom. The molecule has 0 aliphatic rings. The van der Waals surface area contributed by atoms with E-state index in [0.717, 1.165) is 6.34 Å². The summed E-state index contributed by atoms with van der Waals surface area (Å²) in [5.41, 5.74) is 0. The lowest BCUT2D eigenvalue weighted by Crippen LogP contribution is -1.93. The molecule has 0 unspecified atom stereocenters. The first kappa shape index (κ1) is 4.34. The molecule has 0 aromatic heterocycles. The standard InChI is InChI=1S/C3H7N2/c1-5(2)3-4/h3-4H,1H2,2H3/q+1. The SMILES string of the molecule is C=[N+](C)C=N. The van der Waals surface area contributed by atoms with Gasteiger partial charge < -0.3 is 0 Å². The summed E-state index contributed by atoms with van der Waals surface area (Å²) in [6, 6.07) is 0. The Balaban J connectivity index is 3.20. The van der Waals surface area contributed by atoms with E-state index in [1.165, 1.54) is 4.58 Å². The van der Waals surface area contributed by atoms with Crippen LogP contribution in [0.3, 0.4) is 0 Å². The van der Waals surface area contributed by atoms with Gasteiger partial charge in [0.15, 0.2) is 0 Å². The smallest absolute Gasteiger partial charge is 0.247 e. The first-order chi connectivity index (χ1) is 2.27. The van der Waals surface area contributed by atoms with Gasteiger partial charge in [-0.3, -0.25) is 0 Å². The molecule has 0 radical (unpaired) electrons. The molecule has 0 rings (SSSR count). The molecule has 0 aromatic rings. The van der Waals surface area contributed by atoms with Crippen molar-refractivity contribution >= 4 is 13.1 Å². The fourth-order valence-electron chi connectivity index (χ4n) is 0. The maximum absolute atomic E-state index is 6.40. The largest absolute Gasteiger partial charge is 0.276 e. The Bertz CT molecular complexity index is 55.9. The summed E-state index contributed by atoms with van der Waals surface area (Å²) in [6.07, 6.45) is 1.14. The maximum Gasteiger partial charge on any atom is 0.276 e. The monoisotopic (exact) mass is 71.1 g/mol. The van der Waals surface area contributed by atoms with E-state index in [9.17, 15) is 0 Å². The molecule has 0 atom stereocenters. The number of hydrogen-bond acceptors (Lipinski definition) is 1. The molecule has 0 aliphatic carbocycles. The predicted molar refractivity (Wildman–Crippen MR) is 22.1 cm³/mol. The Kier molecular flexibility index (Phi) is 1.42. The van der Waals surface area contributed by atoms with Crippen molar-refractivity contribution in [3.05, 3.63) is 0 Å². The first-order valence-electron chi connectivity index (χ1n) is 1.31. The molecule has 2 nitrogen and oxygen atoms in total. The van der Waals surface area contributed by atoms with Crippen LogP contribution in [0.1, 0.15) is 0 Å². The zero-order chi connectivity index (χ0) is 4.28. The van der Waals surface area contributed by atoms with Crippen molar-refractivity contribution in [2.75, 3.05) is 7.05 Å². The highest BCUT2D eigenvalue weighted by Crippen LogP contribution is 1.38. The van der Waals surface area contributed by atoms with Gasteiger partial charge in [0.05, 0.1) is 13.8 Å². The highest BCUT2D eigenvalue weighted by molar-refractivity contribution is 5.42. The van der Waals surface area contributed by atoms with Gasteiger partial charge in [0, 0.05) is 0 Å². The van der Waals surface area contributed by atoms with Gasteiger partial charge in [0.25, 0.3) is 6.34 Å². The summed E-state index contributed by atoms with van der Waals surface area (Å²) in [7, 11) is 1.70. The molecule has 1 N–H and O–H groups in total. The molecule has 0 saturated heterocycles. The average molecular weight is 71.1 g/mol. The van der Waals surface area contributed by atoms with Gasteiger partial charge in [0.2, 0.25) is 0 Å². The highest BCUT2D eigenvalue weighted by atomic mass is 14.9. The van der Waals surface area contributed by atoms with Gasteiger partial charge in [-0.25, -0.2) is 4.58 Å². The molecular weight excluding hydrogens is 64.0 g/mol. The molecule has 0 amide bonds. The van der Waals surface area contributed by atoms with E-state index >= 15 is 0 Å². The lowest BCUT2D eigenvalue weighted by molar-refractivity contribution is -0.350. The quantitative estimate of drug-likeness (QED) is 0.255. The minimum absolute atomic E-state index is 1.14. The molecule has 0 spiro atoms. The topological polar surface area (TPSA) is 26.9 Å². The highest BCUT2D eigenvalue weighted by Gasteiger charge is 1.64. The van der Waals surface area contributed by atoms with Crippen LogP contribution in [0.4, 0.5) is 0 Å². The lowest BCUT2D eigenvalue weighted by Gasteiger charge is -1.70.